The van der Waals surface area contributed by atoms with Crippen LogP contribution in [-0.2, 0) is 10.9 Å². The fourth-order valence-corrected chi connectivity index (χ4v) is 5.25. The van der Waals surface area contributed by atoms with E-state index in [2.05, 4.69) is 35.9 Å². The molecule has 1 saturated heterocycles. The molecule has 0 radical (unpaired) electrons. The van der Waals surface area contributed by atoms with Crippen molar-refractivity contribution < 1.29 is 32.3 Å². The topological polar surface area (TPSA) is 151 Å². The van der Waals surface area contributed by atoms with Gasteiger partial charge in [0.15, 0.2) is 0 Å². The second kappa shape index (κ2) is 13.3. The number of rotatable bonds is 8. The van der Waals surface area contributed by atoms with Crippen molar-refractivity contribution in [2.45, 2.75) is 51.9 Å². The molecule has 3 amide bonds. The summed E-state index contributed by atoms with van der Waals surface area (Å²) in [6.45, 7) is 8.80. The minimum absolute atomic E-state index is 0.0977. The number of nitrogens with zero attached hydrogens (tertiary/aromatic N) is 5. The summed E-state index contributed by atoms with van der Waals surface area (Å²) in [5, 5.41) is 7.66. The van der Waals surface area contributed by atoms with Gasteiger partial charge in [-0.25, -0.2) is 24.7 Å². The van der Waals surface area contributed by atoms with Crippen LogP contribution >= 0.6 is 22.9 Å². The van der Waals surface area contributed by atoms with E-state index >= 15 is 0 Å². The molecule has 12 nitrogen and oxygen atoms in total. The van der Waals surface area contributed by atoms with Crippen LogP contribution in [0.15, 0.2) is 30.9 Å². The Morgan fingerprint density at radius 2 is 1.86 bits per heavy atom. The number of anilines is 2. The van der Waals surface area contributed by atoms with Crippen LogP contribution in [0.5, 0.6) is 0 Å². The molecule has 3 aromatic rings. The molecule has 2 atom stereocenters. The highest BCUT2D eigenvalue weighted by Crippen LogP contribution is 2.35. The van der Waals surface area contributed by atoms with Gasteiger partial charge in [-0.05, 0) is 46.1 Å². The third kappa shape index (κ3) is 8.75. The van der Waals surface area contributed by atoms with Crippen LogP contribution in [0.3, 0.4) is 0 Å². The molecule has 236 valence electrons. The molecule has 1 fully saturated rings. The number of nitrogens with one attached hydrogen (secondary N) is 3. The summed E-state index contributed by atoms with van der Waals surface area (Å²) in [5.41, 5.74) is -1.58. The van der Waals surface area contributed by atoms with E-state index in [0.717, 1.165) is 24.0 Å². The molecule has 4 rings (SSSR count). The number of carbonyl (C=O) groups excluding carboxylic acids is 3. The maximum absolute atomic E-state index is 13.1. The van der Waals surface area contributed by atoms with Crippen LogP contribution in [0.1, 0.15) is 70.9 Å². The zero-order chi connectivity index (χ0) is 32.2. The average molecular weight is 655 g/mol. The van der Waals surface area contributed by atoms with E-state index in [-0.39, 0.29) is 22.3 Å². The number of alkyl halides is 3. The normalized spacial score (nSPS) is 15.9. The summed E-state index contributed by atoms with van der Waals surface area (Å²) < 4.78 is 44.6. The lowest BCUT2D eigenvalue weighted by Gasteiger charge is -2.21. The van der Waals surface area contributed by atoms with Gasteiger partial charge in [-0.2, -0.15) is 13.2 Å². The summed E-state index contributed by atoms with van der Waals surface area (Å²) in [5.74, 6) is -0.801. The zero-order valence-corrected chi connectivity index (χ0v) is 25.7. The zero-order valence-electron chi connectivity index (χ0n) is 24.2. The van der Waals surface area contributed by atoms with Gasteiger partial charge in [0.1, 0.15) is 39.1 Å². The monoisotopic (exact) mass is 654 g/mol. The second-order valence-corrected chi connectivity index (χ2v) is 12.5. The van der Waals surface area contributed by atoms with Crippen molar-refractivity contribution in [3.05, 3.63) is 57.0 Å². The van der Waals surface area contributed by atoms with E-state index in [1.54, 1.807) is 33.8 Å². The number of halogens is 4. The average Bonchev–Trinajstić information content (AvgIpc) is 3.62. The van der Waals surface area contributed by atoms with Crippen LogP contribution in [0.2, 0.25) is 5.02 Å². The SMILES string of the molecule is CC(NC(=O)c1cc(N2CC[C@@H](CNC(=O)OC(C)(C)C)C2)ncn1)c1ncc(C(=O)Nc2cc(C(F)(F)F)c(Cl)cn2)s1. The predicted octanol–water partition coefficient (Wildman–Crippen LogP) is 5.09. The quantitative estimate of drug-likeness (QED) is 0.301. The molecule has 3 N–H and O–H groups in total. The Morgan fingerprint density at radius 1 is 1.11 bits per heavy atom. The lowest BCUT2D eigenvalue weighted by molar-refractivity contribution is -0.137. The van der Waals surface area contributed by atoms with Crippen molar-refractivity contribution in [2.24, 2.45) is 5.92 Å². The number of alkyl carbamates (subject to hydrolysis) is 1. The lowest BCUT2D eigenvalue weighted by atomic mass is 10.1. The largest absolute Gasteiger partial charge is 0.444 e. The Hall–Kier alpha value is -4.05. The molecule has 0 aromatic carbocycles. The summed E-state index contributed by atoms with van der Waals surface area (Å²) in [4.78, 5) is 55.9. The van der Waals surface area contributed by atoms with E-state index in [4.69, 9.17) is 16.3 Å². The molecule has 1 aliphatic rings. The predicted molar refractivity (Wildman–Crippen MR) is 157 cm³/mol. The van der Waals surface area contributed by atoms with Crippen molar-refractivity contribution in [1.29, 1.82) is 0 Å². The smallest absolute Gasteiger partial charge is 0.418 e. The van der Waals surface area contributed by atoms with E-state index in [0.29, 0.717) is 36.5 Å². The van der Waals surface area contributed by atoms with E-state index in [1.807, 2.05) is 4.90 Å². The molecule has 44 heavy (non-hydrogen) atoms. The number of hydrogen-bond acceptors (Lipinski definition) is 10. The van der Waals surface area contributed by atoms with Gasteiger partial charge in [0, 0.05) is 31.9 Å². The van der Waals surface area contributed by atoms with Crippen molar-refractivity contribution in [3.8, 4) is 0 Å². The summed E-state index contributed by atoms with van der Waals surface area (Å²) in [6.07, 6.45) is -1.02. The third-order valence-corrected chi connectivity index (χ3v) is 7.78. The number of thiazole rings is 1. The van der Waals surface area contributed by atoms with Crippen molar-refractivity contribution in [2.75, 3.05) is 29.9 Å². The summed E-state index contributed by atoms with van der Waals surface area (Å²) in [7, 11) is 0. The Kier molecular flexibility index (Phi) is 9.93. The molecule has 0 bridgehead atoms. The maximum atomic E-state index is 13.1. The van der Waals surface area contributed by atoms with Crippen molar-refractivity contribution in [1.82, 2.24) is 30.6 Å². The minimum atomic E-state index is -4.72. The molecular weight excluding hydrogens is 625 g/mol. The van der Waals surface area contributed by atoms with Crippen LogP contribution in [-0.4, -0.2) is 63.1 Å². The van der Waals surface area contributed by atoms with Crippen LogP contribution in [0.4, 0.5) is 29.6 Å². The Morgan fingerprint density at radius 3 is 2.57 bits per heavy atom. The number of carbonyl (C=O) groups is 3. The fourth-order valence-electron chi connectivity index (χ4n) is 4.22. The van der Waals surface area contributed by atoms with Gasteiger partial charge < -0.3 is 25.6 Å². The van der Waals surface area contributed by atoms with Gasteiger partial charge in [0.05, 0.1) is 22.8 Å². The Labute approximate surface area is 259 Å². The first-order valence-electron chi connectivity index (χ1n) is 13.4. The first-order chi connectivity index (χ1) is 20.6. The molecule has 0 spiro atoms. The number of ether oxygens (including phenoxy) is 1. The molecule has 3 aromatic heterocycles. The molecule has 0 saturated carbocycles. The van der Waals surface area contributed by atoms with Gasteiger partial charge >= 0.3 is 12.3 Å². The van der Waals surface area contributed by atoms with Crippen LogP contribution in [0, 0.1) is 5.92 Å². The number of amides is 3. The maximum Gasteiger partial charge on any atom is 0.418 e. The van der Waals surface area contributed by atoms with E-state index in [1.165, 1.54) is 12.5 Å². The van der Waals surface area contributed by atoms with Crippen LogP contribution in [0.25, 0.3) is 0 Å². The molecule has 0 aliphatic carbocycles. The standard InChI is InChI=1S/C27H30ClF3N8O4S/c1-14(24-33-11-19(44-24)23(41)38-20-7-16(27(29,30)31)17(28)10-32-20)37-22(40)18-8-21(36-13-35-18)39-6-5-15(12-39)9-34-25(42)43-26(2,3)4/h7-8,10-11,13-15H,5-6,9,12H2,1-4H3,(H,34,42)(H,37,40)(H,32,38,41)/t14?,15-/m0/s1. The first kappa shape index (κ1) is 32.9. The number of pyridine rings is 1. The lowest BCUT2D eigenvalue weighted by Crippen LogP contribution is -2.36. The number of aromatic nitrogens is 4. The molecule has 1 unspecified atom stereocenters. The Balaban J connectivity index is 1.32. The number of hydrogen-bond donors (Lipinski definition) is 3. The van der Waals surface area contributed by atoms with Gasteiger partial charge in [-0.15, -0.1) is 11.3 Å². The highest BCUT2D eigenvalue weighted by atomic mass is 35.5. The molecule has 17 heteroatoms. The van der Waals surface area contributed by atoms with Gasteiger partial charge in [0.25, 0.3) is 11.8 Å². The van der Waals surface area contributed by atoms with Gasteiger partial charge in [-0.3, -0.25) is 9.59 Å². The summed E-state index contributed by atoms with van der Waals surface area (Å²) >= 11 is 6.54. The molecule has 1 aliphatic heterocycles. The third-order valence-electron chi connectivity index (χ3n) is 6.30. The van der Waals surface area contributed by atoms with Crippen molar-refractivity contribution >= 4 is 52.5 Å². The molecule has 4 heterocycles. The minimum Gasteiger partial charge on any atom is -0.444 e. The van der Waals surface area contributed by atoms with E-state index in [9.17, 15) is 27.6 Å². The Bertz CT molecular complexity index is 1530. The van der Waals surface area contributed by atoms with Gasteiger partial charge in [0.2, 0.25) is 0 Å². The second-order valence-electron chi connectivity index (χ2n) is 11.0. The van der Waals surface area contributed by atoms with Crippen molar-refractivity contribution in [3.63, 3.8) is 0 Å². The fraction of sp³-hybridized carbons (Fsp3) is 0.444. The first-order valence-corrected chi connectivity index (χ1v) is 14.6. The molecular formula is C27H30ClF3N8O4S. The highest BCUT2D eigenvalue weighted by molar-refractivity contribution is 7.13. The highest BCUT2D eigenvalue weighted by Gasteiger charge is 2.34. The summed E-state index contributed by atoms with van der Waals surface area (Å²) in [6, 6.07) is 1.60. The van der Waals surface area contributed by atoms with Crippen LogP contribution < -0.4 is 20.9 Å². The van der Waals surface area contributed by atoms with E-state index < -0.39 is 46.3 Å². The van der Waals surface area contributed by atoms with Gasteiger partial charge in [-0.1, -0.05) is 11.6 Å².